The van der Waals surface area contributed by atoms with Crippen LogP contribution in [0.5, 0.6) is 0 Å². The van der Waals surface area contributed by atoms with Gasteiger partial charge in [-0.05, 0) is 5.92 Å². The molecule has 0 aliphatic rings. The topological polar surface area (TPSA) is 43.1 Å². The number of hydrogen-bond acceptors (Lipinski definition) is 2. The van der Waals surface area contributed by atoms with Crippen LogP contribution in [0.25, 0.3) is 0 Å². The first-order chi connectivity index (χ1) is 6.28. The van der Waals surface area contributed by atoms with Crippen molar-refractivity contribution in [1.29, 1.82) is 0 Å². The molecule has 5 heteroatoms. The van der Waals surface area contributed by atoms with E-state index in [1.807, 2.05) is 6.92 Å². The second kappa shape index (κ2) is 5.34. The minimum Gasteiger partial charge on any atom is -0.321 e. The summed E-state index contributed by atoms with van der Waals surface area (Å²) >= 11 is 0. The molecule has 2 N–H and O–H groups in total. The van der Waals surface area contributed by atoms with Crippen molar-refractivity contribution in [2.24, 2.45) is 11.7 Å². The summed E-state index contributed by atoms with van der Waals surface area (Å²) in [5, 5.41) is 0. The highest BCUT2D eigenvalue weighted by molar-refractivity contribution is 5.84. The SMILES string of the molecule is CCC(C)C(N)C(=O)CCC(F)(F)F. The highest BCUT2D eigenvalue weighted by Gasteiger charge is 2.29. The van der Waals surface area contributed by atoms with Gasteiger partial charge in [0, 0.05) is 6.42 Å². The summed E-state index contributed by atoms with van der Waals surface area (Å²) in [6.07, 6.45) is -5.16. The Hall–Kier alpha value is -0.580. The van der Waals surface area contributed by atoms with Gasteiger partial charge in [0.1, 0.15) is 5.78 Å². The van der Waals surface area contributed by atoms with Crippen LogP contribution in [0.1, 0.15) is 33.1 Å². The Morgan fingerprint density at radius 2 is 1.93 bits per heavy atom. The van der Waals surface area contributed by atoms with Gasteiger partial charge in [-0.25, -0.2) is 0 Å². The van der Waals surface area contributed by atoms with E-state index in [9.17, 15) is 18.0 Å². The van der Waals surface area contributed by atoms with Gasteiger partial charge in [0.2, 0.25) is 0 Å². The number of nitrogens with two attached hydrogens (primary N) is 1. The Balaban J connectivity index is 3.97. The molecule has 0 aliphatic heterocycles. The molecular formula is C9H16F3NO. The van der Waals surface area contributed by atoms with Crippen LogP contribution in [0.15, 0.2) is 0 Å². The van der Waals surface area contributed by atoms with Gasteiger partial charge >= 0.3 is 6.18 Å². The molecule has 0 heterocycles. The lowest BCUT2D eigenvalue weighted by Crippen LogP contribution is -2.37. The van der Waals surface area contributed by atoms with Gasteiger partial charge < -0.3 is 5.73 Å². The van der Waals surface area contributed by atoms with Crippen molar-refractivity contribution in [2.75, 3.05) is 0 Å². The Bertz CT molecular complexity index is 191. The van der Waals surface area contributed by atoms with Crippen LogP contribution in [0, 0.1) is 5.92 Å². The molecule has 2 atom stereocenters. The summed E-state index contributed by atoms with van der Waals surface area (Å²) in [4.78, 5) is 11.2. The van der Waals surface area contributed by atoms with Gasteiger partial charge in [-0.15, -0.1) is 0 Å². The Morgan fingerprint density at radius 3 is 2.29 bits per heavy atom. The fourth-order valence-electron chi connectivity index (χ4n) is 1.00. The first-order valence-electron chi connectivity index (χ1n) is 4.63. The van der Waals surface area contributed by atoms with E-state index >= 15 is 0 Å². The molecule has 0 radical (unpaired) electrons. The lowest BCUT2D eigenvalue weighted by atomic mass is 9.94. The van der Waals surface area contributed by atoms with Crippen LogP contribution in [-0.2, 0) is 4.79 Å². The van der Waals surface area contributed by atoms with Crippen molar-refractivity contribution in [3.8, 4) is 0 Å². The third-order valence-corrected chi connectivity index (χ3v) is 2.28. The minimum atomic E-state index is -4.27. The van der Waals surface area contributed by atoms with E-state index in [4.69, 9.17) is 5.73 Å². The van der Waals surface area contributed by atoms with E-state index in [-0.39, 0.29) is 5.92 Å². The number of hydrogen-bond donors (Lipinski definition) is 1. The van der Waals surface area contributed by atoms with Crippen molar-refractivity contribution in [1.82, 2.24) is 0 Å². The Labute approximate surface area is 81.7 Å². The van der Waals surface area contributed by atoms with Gasteiger partial charge in [0.05, 0.1) is 12.5 Å². The van der Waals surface area contributed by atoms with Crippen molar-refractivity contribution >= 4 is 5.78 Å². The van der Waals surface area contributed by atoms with Crippen LogP contribution < -0.4 is 5.73 Å². The number of halogens is 3. The normalized spacial score (nSPS) is 16.4. The maximum Gasteiger partial charge on any atom is 0.389 e. The number of carbonyl (C=O) groups is 1. The fraction of sp³-hybridized carbons (Fsp3) is 0.889. The van der Waals surface area contributed by atoms with Crippen LogP contribution in [0.2, 0.25) is 0 Å². The quantitative estimate of drug-likeness (QED) is 0.758. The summed E-state index contributed by atoms with van der Waals surface area (Å²) in [6, 6.07) is -0.762. The third-order valence-electron chi connectivity index (χ3n) is 2.28. The zero-order valence-electron chi connectivity index (χ0n) is 8.40. The Kier molecular flexibility index (Phi) is 5.12. The molecule has 84 valence electrons. The summed E-state index contributed by atoms with van der Waals surface area (Å²) in [5.41, 5.74) is 5.48. The van der Waals surface area contributed by atoms with E-state index in [2.05, 4.69) is 0 Å². The molecule has 0 spiro atoms. The Morgan fingerprint density at radius 1 is 1.43 bits per heavy atom. The lowest BCUT2D eigenvalue weighted by Gasteiger charge is -2.17. The number of rotatable bonds is 5. The van der Waals surface area contributed by atoms with Gasteiger partial charge in [0.15, 0.2) is 0 Å². The standard InChI is InChI=1S/C9H16F3NO/c1-3-6(2)8(13)7(14)4-5-9(10,11)12/h6,8H,3-5,13H2,1-2H3. The average molecular weight is 211 g/mol. The molecule has 0 aromatic rings. The van der Waals surface area contributed by atoms with Gasteiger partial charge in [-0.1, -0.05) is 20.3 Å². The predicted octanol–water partition coefficient (Wildman–Crippen LogP) is 2.27. The summed E-state index contributed by atoms with van der Waals surface area (Å²) in [7, 11) is 0. The molecule has 0 rings (SSSR count). The monoisotopic (exact) mass is 211 g/mol. The molecule has 2 nitrogen and oxygen atoms in total. The summed E-state index contributed by atoms with van der Waals surface area (Å²) in [6.45, 7) is 3.61. The fourth-order valence-corrected chi connectivity index (χ4v) is 1.00. The van der Waals surface area contributed by atoms with E-state index < -0.39 is 30.8 Å². The van der Waals surface area contributed by atoms with Crippen molar-refractivity contribution in [2.45, 2.75) is 45.3 Å². The minimum absolute atomic E-state index is 0.0595. The molecular weight excluding hydrogens is 195 g/mol. The first-order valence-corrected chi connectivity index (χ1v) is 4.63. The number of Topliss-reactive ketones (excluding diaryl/α,β-unsaturated/α-hetero) is 1. The van der Waals surface area contributed by atoms with Gasteiger partial charge in [-0.2, -0.15) is 13.2 Å². The number of ketones is 1. The van der Waals surface area contributed by atoms with E-state index in [1.54, 1.807) is 6.92 Å². The predicted molar refractivity (Wildman–Crippen MR) is 47.7 cm³/mol. The number of carbonyl (C=O) groups excluding carboxylic acids is 1. The molecule has 0 saturated carbocycles. The lowest BCUT2D eigenvalue weighted by molar-refractivity contribution is -0.144. The zero-order valence-corrected chi connectivity index (χ0v) is 8.40. The van der Waals surface area contributed by atoms with Gasteiger partial charge in [0.25, 0.3) is 0 Å². The van der Waals surface area contributed by atoms with E-state index in [1.165, 1.54) is 0 Å². The second-order valence-electron chi connectivity index (χ2n) is 3.49. The van der Waals surface area contributed by atoms with Crippen LogP contribution in [-0.4, -0.2) is 18.0 Å². The van der Waals surface area contributed by atoms with E-state index in [0.29, 0.717) is 6.42 Å². The van der Waals surface area contributed by atoms with Crippen molar-refractivity contribution in [3.05, 3.63) is 0 Å². The molecule has 0 saturated heterocycles. The van der Waals surface area contributed by atoms with Crippen LogP contribution in [0.4, 0.5) is 13.2 Å². The molecule has 0 fully saturated rings. The largest absolute Gasteiger partial charge is 0.389 e. The smallest absolute Gasteiger partial charge is 0.321 e. The summed E-state index contributed by atoms with van der Waals surface area (Å²) < 4.78 is 35.3. The maximum atomic E-state index is 11.8. The van der Waals surface area contributed by atoms with E-state index in [0.717, 1.165) is 0 Å². The average Bonchev–Trinajstić information content (AvgIpc) is 2.10. The zero-order chi connectivity index (χ0) is 11.4. The van der Waals surface area contributed by atoms with Gasteiger partial charge in [-0.3, -0.25) is 4.79 Å². The highest BCUT2D eigenvalue weighted by Crippen LogP contribution is 2.22. The molecule has 14 heavy (non-hydrogen) atoms. The summed E-state index contributed by atoms with van der Waals surface area (Å²) in [5.74, 6) is -0.563. The first kappa shape index (κ1) is 13.4. The van der Waals surface area contributed by atoms with Crippen molar-refractivity contribution in [3.63, 3.8) is 0 Å². The molecule has 0 aromatic carbocycles. The molecule has 0 bridgehead atoms. The second-order valence-corrected chi connectivity index (χ2v) is 3.49. The molecule has 2 unspecified atom stereocenters. The van der Waals surface area contributed by atoms with Crippen LogP contribution in [0.3, 0.4) is 0 Å². The molecule has 0 aromatic heterocycles. The van der Waals surface area contributed by atoms with Crippen LogP contribution >= 0.6 is 0 Å². The third kappa shape index (κ3) is 5.21. The molecule has 0 aliphatic carbocycles. The maximum absolute atomic E-state index is 11.8. The molecule has 0 amide bonds. The number of alkyl halides is 3. The highest BCUT2D eigenvalue weighted by atomic mass is 19.4. The van der Waals surface area contributed by atoms with Crippen molar-refractivity contribution < 1.29 is 18.0 Å².